The Morgan fingerprint density at radius 1 is 1.33 bits per heavy atom. The summed E-state index contributed by atoms with van der Waals surface area (Å²) in [6, 6.07) is 12.6. The Hall–Kier alpha value is -3.25. The third-order valence-corrected chi connectivity index (χ3v) is 4.52. The van der Waals surface area contributed by atoms with Crippen LogP contribution in [0.15, 0.2) is 52.2 Å². The number of nitrogens with two attached hydrogens (primary N) is 1. The molecule has 0 saturated carbocycles. The molecule has 138 valence electrons. The van der Waals surface area contributed by atoms with E-state index in [1.165, 1.54) is 11.8 Å². The topological polar surface area (TPSA) is 120 Å². The number of benzene rings is 1. The van der Waals surface area contributed by atoms with Crippen molar-refractivity contribution in [1.29, 1.82) is 5.26 Å². The molecule has 3 rings (SSSR count). The van der Waals surface area contributed by atoms with Crippen LogP contribution in [0.4, 0.5) is 0 Å². The SMILES string of the molecule is N#Cc1cccc(OCCSc2nnc(-c3ccco3)n2CCC(N)=O)c1. The number of nitriles is 1. The van der Waals surface area contributed by atoms with E-state index < -0.39 is 5.91 Å². The smallest absolute Gasteiger partial charge is 0.219 e. The van der Waals surface area contributed by atoms with Crippen molar-refractivity contribution in [1.82, 2.24) is 14.8 Å². The third-order valence-electron chi connectivity index (χ3n) is 3.59. The number of furan rings is 1. The summed E-state index contributed by atoms with van der Waals surface area (Å²) in [6.07, 6.45) is 1.73. The second-order valence-electron chi connectivity index (χ2n) is 5.49. The van der Waals surface area contributed by atoms with Crippen molar-refractivity contribution in [3.8, 4) is 23.4 Å². The summed E-state index contributed by atoms with van der Waals surface area (Å²) in [5, 5.41) is 17.9. The van der Waals surface area contributed by atoms with Gasteiger partial charge in [0.2, 0.25) is 5.91 Å². The Morgan fingerprint density at radius 2 is 2.22 bits per heavy atom. The zero-order valence-electron chi connectivity index (χ0n) is 14.4. The molecule has 0 unspecified atom stereocenters. The van der Waals surface area contributed by atoms with Crippen LogP contribution in [0.1, 0.15) is 12.0 Å². The fourth-order valence-electron chi connectivity index (χ4n) is 2.36. The molecular weight excluding hydrogens is 366 g/mol. The van der Waals surface area contributed by atoms with Crippen molar-refractivity contribution < 1.29 is 13.9 Å². The number of nitrogens with zero attached hydrogens (tertiary/aromatic N) is 4. The summed E-state index contributed by atoms with van der Waals surface area (Å²) in [5.41, 5.74) is 5.82. The van der Waals surface area contributed by atoms with Gasteiger partial charge in [0.05, 0.1) is 24.5 Å². The zero-order chi connectivity index (χ0) is 19.1. The van der Waals surface area contributed by atoms with Gasteiger partial charge in [0.15, 0.2) is 16.7 Å². The lowest BCUT2D eigenvalue weighted by Crippen LogP contribution is -2.15. The summed E-state index contributed by atoms with van der Waals surface area (Å²) in [4.78, 5) is 11.2. The molecule has 3 aromatic rings. The number of hydrogen-bond acceptors (Lipinski definition) is 7. The lowest BCUT2D eigenvalue weighted by atomic mass is 10.2. The first kappa shape index (κ1) is 18.5. The Kier molecular flexibility index (Phi) is 6.12. The van der Waals surface area contributed by atoms with Crippen LogP contribution < -0.4 is 10.5 Å². The Bertz CT molecular complexity index is 946. The molecule has 0 radical (unpaired) electrons. The van der Waals surface area contributed by atoms with Gasteiger partial charge in [-0.25, -0.2) is 0 Å². The third kappa shape index (κ3) is 4.89. The van der Waals surface area contributed by atoms with Gasteiger partial charge in [-0.15, -0.1) is 10.2 Å². The van der Waals surface area contributed by atoms with E-state index in [1.807, 2.05) is 4.57 Å². The highest BCUT2D eigenvalue weighted by atomic mass is 32.2. The molecule has 0 aliphatic carbocycles. The standard InChI is InChI=1S/C18H17N5O3S/c19-12-13-3-1-4-14(11-13)25-9-10-27-18-22-21-17(15-5-2-8-26-15)23(18)7-6-16(20)24/h1-5,8,11H,6-7,9-10H2,(H2,20,24). The second kappa shape index (κ2) is 8.91. The molecule has 8 nitrogen and oxygen atoms in total. The molecule has 0 aliphatic rings. The average Bonchev–Trinajstić information content (AvgIpc) is 3.33. The van der Waals surface area contributed by atoms with E-state index in [0.717, 1.165) is 0 Å². The van der Waals surface area contributed by atoms with Gasteiger partial charge in [0.1, 0.15) is 5.75 Å². The van der Waals surface area contributed by atoms with Crippen LogP contribution >= 0.6 is 11.8 Å². The normalized spacial score (nSPS) is 10.5. The predicted molar refractivity (Wildman–Crippen MR) is 98.9 cm³/mol. The number of ether oxygens (including phenoxy) is 1. The molecule has 1 aromatic carbocycles. The molecule has 0 saturated heterocycles. The molecule has 0 spiro atoms. The maximum absolute atomic E-state index is 11.2. The van der Waals surface area contributed by atoms with Gasteiger partial charge in [-0.1, -0.05) is 17.8 Å². The number of aromatic nitrogens is 3. The number of amides is 1. The Labute approximate surface area is 159 Å². The maximum Gasteiger partial charge on any atom is 0.219 e. The fraction of sp³-hybridized carbons (Fsp3) is 0.222. The van der Waals surface area contributed by atoms with Crippen molar-refractivity contribution in [3.63, 3.8) is 0 Å². The van der Waals surface area contributed by atoms with Crippen molar-refractivity contribution in [2.75, 3.05) is 12.4 Å². The fourth-order valence-corrected chi connectivity index (χ4v) is 3.14. The van der Waals surface area contributed by atoms with Crippen molar-refractivity contribution in [3.05, 3.63) is 48.2 Å². The van der Waals surface area contributed by atoms with E-state index >= 15 is 0 Å². The molecule has 2 aromatic heterocycles. The summed E-state index contributed by atoms with van der Waals surface area (Å²) >= 11 is 1.45. The number of thioether (sulfide) groups is 1. The molecule has 0 fully saturated rings. The van der Waals surface area contributed by atoms with Crippen molar-refractivity contribution in [2.24, 2.45) is 5.73 Å². The molecule has 27 heavy (non-hydrogen) atoms. The second-order valence-corrected chi connectivity index (χ2v) is 6.55. The first-order valence-corrected chi connectivity index (χ1v) is 9.17. The molecule has 2 heterocycles. The van der Waals surface area contributed by atoms with E-state index in [9.17, 15) is 4.79 Å². The minimum absolute atomic E-state index is 0.177. The van der Waals surface area contributed by atoms with E-state index in [-0.39, 0.29) is 6.42 Å². The number of carbonyl (C=O) groups excluding carboxylic acids is 1. The van der Waals surface area contributed by atoms with Gasteiger partial charge in [-0.3, -0.25) is 9.36 Å². The lowest BCUT2D eigenvalue weighted by molar-refractivity contribution is -0.118. The average molecular weight is 383 g/mol. The molecule has 0 bridgehead atoms. The number of hydrogen-bond donors (Lipinski definition) is 1. The Morgan fingerprint density at radius 3 is 2.96 bits per heavy atom. The summed E-state index contributed by atoms with van der Waals surface area (Å²) in [6.45, 7) is 0.796. The van der Waals surface area contributed by atoms with E-state index in [2.05, 4.69) is 16.3 Å². The molecule has 2 N–H and O–H groups in total. The minimum atomic E-state index is -0.397. The largest absolute Gasteiger partial charge is 0.493 e. The molecule has 9 heteroatoms. The maximum atomic E-state index is 11.2. The van der Waals surface area contributed by atoms with E-state index in [1.54, 1.807) is 42.7 Å². The van der Waals surface area contributed by atoms with E-state index in [0.29, 0.717) is 47.0 Å². The minimum Gasteiger partial charge on any atom is -0.493 e. The predicted octanol–water partition coefficient (Wildman–Crippen LogP) is 2.46. The van der Waals surface area contributed by atoms with Crippen LogP contribution in [0, 0.1) is 11.3 Å². The number of carbonyl (C=O) groups is 1. The number of rotatable bonds is 9. The molecule has 0 atom stereocenters. The van der Waals surface area contributed by atoms with Gasteiger partial charge < -0.3 is 14.9 Å². The summed E-state index contributed by atoms with van der Waals surface area (Å²) < 4.78 is 12.9. The highest BCUT2D eigenvalue weighted by Gasteiger charge is 2.16. The van der Waals surface area contributed by atoms with Gasteiger partial charge in [0, 0.05) is 18.7 Å². The highest BCUT2D eigenvalue weighted by Crippen LogP contribution is 2.25. The first-order chi connectivity index (χ1) is 13.2. The van der Waals surface area contributed by atoms with Crippen LogP contribution in [0.25, 0.3) is 11.6 Å². The Balaban J connectivity index is 1.63. The van der Waals surface area contributed by atoms with E-state index in [4.69, 9.17) is 20.1 Å². The monoisotopic (exact) mass is 383 g/mol. The lowest BCUT2D eigenvalue weighted by Gasteiger charge is -2.09. The van der Waals surface area contributed by atoms with Crippen LogP contribution in [0.2, 0.25) is 0 Å². The highest BCUT2D eigenvalue weighted by molar-refractivity contribution is 7.99. The molecule has 0 aliphatic heterocycles. The quantitative estimate of drug-likeness (QED) is 0.445. The van der Waals surface area contributed by atoms with Crippen LogP contribution in [0.5, 0.6) is 5.75 Å². The van der Waals surface area contributed by atoms with Crippen LogP contribution in [0.3, 0.4) is 0 Å². The summed E-state index contributed by atoms with van der Waals surface area (Å²) in [7, 11) is 0. The number of primary amides is 1. The first-order valence-electron chi connectivity index (χ1n) is 8.18. The van der Waals surface area contributed by atoms with Gasteiger partial charge >= 0.3 is 0 Å². The van der Waals surface area contributed by atoms with Gasteiger partial charge in [-0.05, 0) is 30.3 Å². The van der Waals surface area contributed by atoms with Gasteiger partial charge in [0.25, 0.3) is 0 Å². The van der Waals surface area contributed by atoms with Crippen LogP contribution in [-0.2, 0) is 11.3 Å². The van der Waals surface area contributed by atoms with Gasteiger partial charge in [-0.2, -0.15) is 5.26 Å². The molecule has 1 amide bonds. The van der Waals surface area contributed by atoms with Crippen molar-refractivity contribution >= 4 is 17.7 Å². The molecular formula is C18H17N5O3S. The van der Waals surface area contributed by atoms with Crippen LogP contribution in [-0.4, -0.2) is 33.0 Å². The zero-order valence-corrected chi connectivity index (χ0v) is 15.2. The van der Waals surface area contributed by atoms with Crippen molar-refractivity contribution in [2.45, 2.75) is 18.1 Å². The summed E-state index contributed by atoms with van der Waals surface area (Å²) in [5.74, 6) is 1.98.